The Kier molecular flexibility index (Phi) is 5.84. The van der Waals surface area contributed by atoms with Crippen LogP contribution in [0.25, 0.3) is 0 Å². The lowest BCUT2D eigenvalue weighted by Gasteiger charge is -2.23. The van der Waals surface area contributed by atoms with Gasteiger partial charge in [-0.1, -0.05) is 49.1 Å². The number of rotatable bonds is 4. The van der Waals surface area contributed by atoms with E-state index in [9.17, 15) is 9.59 Å². The second-order valence-corrected chi connectivity index (χ2v) is 8.20. The van der Waals surface area contributed by atoms with Crippen molar-refractivity contribution in [1.82, 2.24) is 10.6 Å². The van der Waals surface area contributed by atoms with Crippen molar-refractivity contribution < 1.29 is 9.59 Å². The van der Waals surface area contributed by atoms with Gasteiger partial charge in [0, 0.05) is 30.4 Å². The summed E-state index contributed by atoms with van der Waals surface area (Å²) in [7, 11) is 0. The molecule has 2 N–H and O–H groups in total. The summed E-state index contributed by atoms with van der Waals surface area (Å²) >= 11 is 0. The normalized spacial score (nSPS) is 16.4. The summed E-state index contributed by atoms with van der Waals surface area (Å²) in [5.41, 5.74) is 4.95. The minimum Gasteiger partial charge on any atom is -0.335 e. The van der Waals surface area contributed by atoms with Gasteiger partial charge >= 0.3 is 6.03 Å². The van der Waals surface area contributed by atoms with Gasteiger partial charge in [0.05, 0.1) is 0 Å². The number of anilines is 1. The van der Waals surface area contributed by atoms with E-state index in [2.05, 4.69) is 16.7 Å². The van der Waals surface area contributed by atoms with Crippen molar-refractivity contribution in [2.45, 2.75) is 58.0 Å². The highest BCUT2D eigenvalue weighted by Crippen LogP contribution is 2.30. The summed E-state index contributed by atoms with van der Waals surface area (Å²) in [5, 5.41) is 6.05. The molecule has 1 aliphatic carbocycles. The fourth-order valence-electron chi connectivity index (χ4n) is 4.35. The summed E-state index contributed by atoms with van der Waals surface area (Å²) in [5.74, 6) is 0.0348. The van der Waals surface area contributed by atoms with Gasteiger partial charge in [-0.05, 0) is 55.5 Å². The molecule has 3 amide bonds. The van der Waals surface area contributed by atoms with Crippen LogP contribution < -0.4 is 15.5 Å². The number of hydrogen-bond acceptors (Lipinski definition) is 2. The van der Waals surface area contributed by atoms with Crippen molar-refractivity contribution >= 4 is 17.6 Å². The lowest BCUT2D eigenvalue weighted by molar-refractivity contribution is 0.0989. The molecule has 2 aromatic carbocycles. The Balaban J connectivity index is 1.40. The van der Waals surface area contributed by atoms with Crippen LogP contribution in [-0.2, 0) is 13.0 Å². The lowest BCUT2D eigenvalue weighted by atomic mass is 9.96. The Morgan fingerprint density at radius 2 is 1.90 bits per heavy atom. The van der Waals surface area contributed by atoms with Crippen LogP contribution in [0.5, 0.6) is 0 Å². The molecule has 0 spiro atoms. The number of hydrogen-bond donors (Lipinski definition) is 2. The standard InChI is InChI=1S/C24H29N3O2/c1-17-6-5-7-20(14-17)23(28)27-13-12-19-11-10-18(15-22(19)27)16-25-24(29)26-21-8-3-2-4-9-21/h5-7,10-11,14-15,21H,2-4,8-9,12-13,16H2,1H3,(H2,25,26,29). The van der Waals surface area contributed by atoms with Crippen LogP contribution in [0.2, 0.25) is 0 Å². The van der Waals surface area contributed by atoms with Crippen LogP contribution in [0.3, 0.4) is 0 Å². The molecule has 1 heterocycles. The minimum absolute atomic E-state index is 0.0348. The molecule has 0 atom stereocenters. The number of urea groups is 1. The first-order chi connectivity index (χ1) is 14.1. The maximum absolute atomic E-state index is 13.0. The third-order valence-electron chi connectivity index (χ3n) is 5.95. The molecule has 0 saturated heterocycles. The van der Waals surface area contributed by atoms with Gasteiger partial charge in [-0.15, -0.1) is 0 Å². The van der Waals surface area contributed by atoms with E-state index in [-0.39, 0.29) is 11.9 Å². The molecular formula is C24H29N3O2. The Morgan fingerprint density at radius 1 is 1.07 bits per heavy atom. The smallest absolute Gasteiger partial charge is 0.315 e. The number of nitrogens with one attached hydrogen (secondary N) is 2. The number of fused-ring (bicyclic) bond motifs is 1. The van der Waals surface area contributed by atoms with E-state index >= 15 is 0 Å². The van der Waals surface area contributed by atoms with Crippen LogP contribution in [0.15, 0.2) is 42.5 Å². The number of nitrogens with zero attached hydrogens (tertiary/aromatic N) is 1. The molecule has 29 heavy (non-hydrogen) atoms. The molecule has 1 fully saturated rings. The largest absolute Gasteiger partial charge is 0.335 e. The number of aryl methyl sites for hydroxylation is 1. The quantitative estimate of drug-likeness (QED) is 0.815. The van der Waals surface area contributed by atoms with Gasteiger partial charge < -0.3 is 15.5 Å². The van der Waals surface area contributed by atoms with Gasteiger partial charge in [0.25, 0.3) is 5.91 Å². The number of benzene rings is 2. The predicted molar refractivity (Wildman–Crippen MR) is 115 cm³/mol. The molecule has 0 unspecified atom stereocenters. The lowest BCUT2D eigenvalue weighted by Crippen LogP contribution is -2.42. The molecular weight excluding hydrogens is 362 g/mol. The first kappa shape index (κ1) is 19.5. The molecule has 4 rings (SSSR count). The highest BCUT2D eigenvalue weighted by atomic mass is 16.2. The van der Waals surface area contributed by atoms with Crippen LogP contribution >= 0.6 is 0 Å². The highest BCUT2D eigenvalue weighted by Gasteiger charge is 2.26. The van der Waals surface area contributed by atoms with Crippen LogP contribution in [0, 0.1) is 6.92 Å². The van der Waals surface area contributed by atoms with Crippen LogP contribution in [-0.4, -0.2) is 24.5 Å². The molecule has 0 bridgehead atoms. The van der Waals surface area contributed by atoms with Crippen molar-refractivity contribution in [1.29, 1.82) is 0 Å². The van der Waals surface area contributed by atoms with Gasteiger partial charge in [0.15, 0.2) is 0 Å². The van der Waals surface area contributed by atoms with E-state index < -0.39 is 0 Å². The van der Waals surface area contributed by atoms with E-state index in [1.54, 1.807) is 0 Å². The van der Waals surface area contributed by atoms with Gasteiger partial charge in [-0.2, -0.15) is 0 Å². The Bertz CT molecular complexity index is 903. The Morgan fingerprint density at radius 3 is 2.69 bits per heavy atom. The molecule has 2 aromatic rings. The fraction of sp³-hybridized carbons (Fsp3) is 0.417. The first-order valence-corrected chi connectivity index (χ1v) is 10.6. The van der Waals surface area contributed by atoms with E-state index in [0.29, 0.717) is 24.7 Å². The summed E-state index contributed by atoms with van der Waals surface area (Å²) in [4.78, 5) is 27.1. The average Bonchev–Trinajstić information content (AvgIpc) is 3.16. The van der Waals surface area contributed by atoms with Crippen molar-refractivity contribution in [3.8, 4) is 0 Å². The number of amides is 3. The second kappa shape index (κ2) is 8.68. The number of carbonyl (C=O) groups excluding carboxylic acids is 2. The fourth-order valence-corrected chi connectivity index (χ4v) is 4.35. The van der Waals surface area contributed by atoms with Crippen LogP contribution in [0.4, 0.5) is 10.5 Å². The number of carbonyl (C=O) groups is 2. The van der Waals surface area contributed by atoms with E-state index in [0.717, 1.165) is 36.1 Å². The molecule has 2 aliphatic rings. The van der Waals surface area contributed by atoms with Gasteiger partial charge in [0.2, 0.25) is 0 Å². The molecule has 5 heteroatoms. The van der Waals surface area contributed by atoms with E-state index in [1.807, 2.05) is 48.2 Å². The summed E-state index contributed by atoms with van der Waals surface area (Å²) < 4.78 is 0. The zero-order valence-electron chi connectivity index (χ0n) is 17.0. The molecule has 0 radical (unpaired) electrons. The van der Waals surface area contributed by atoms with E-state index in [1.165, 1.54) is 24.8 Å². The summed E-state index contributed by atoms with van der Waals surface area (Å²) in [6, 6.07) is 14.1. The topological polar surface area (TPSA) is 61.4 Å². The van der Waals surface area contributed by atoms with Crippen molar-refractivity contribution in [2.24, 2.45) is 0 Å². The maximum Gasteiger partial charge on any atom is 0.315 e. The van der Waals surface area contributed by atoms with Crippen molar-refractivity contribution in [2.75, 3.05) is 11.4 Å². The Labute approximate surface area is 172 Å². The van der Waals surface area contributed by atoms with E-state index in [4.69, 9.17) is 0 Å². The Hall–Kier alpha value is -2.82. The first-order valence-electron chi connectivity index (χ1n) is 10.6. The third-order valence-corrected chi connectivity index (χ3v) is 5.95. The SMILES string of the molecule is Cc1cccc(C(=O)N2CCc3ccc(CNC(=O)NC4CCCCC4)cc32)c1. The van der Waals surface area contributed by atoms with Crippen molar-refractivity contribution in [3.63, 3.8) is 0 Å². The molecule has 152 valence electrons. The monoisotopic (exact) mass is 391 g/mol. The van der Waals surface area contributed by atoms with Crippen molar-refractivity contribution in [3.05, 3.63) is 64.7 Å². The average molecular weight is 392 g/mol. The van der Waals surface area contributed by atoms with Crippen LogP contribution in [0.1, 0.15) is 59.2 Å². The molecule has 0 aromatic heterocycles. The summed E-state index contributed by atoms with van der Waals surface area (Å²) in [6.07, 6.45) is 6.67. The summed E-state index contributed by atoms with van der Waals surface area (Å²) in [6.45, 7) is 3.15. The molecule has 1 aliphatic heterocycles. The predicted octanol–water partition coefficient (Wildman–Crippen LogP) is 4.33. The zero-order valence-corrected chi connectivity index (χ0v) is 17.0. The third kappa shape index (κ3) is 4.61. The van der Waals surface area contributed by atoms with Gasteiger partial charge in [0.1, 0.15) is 0 Å². The zero-order chi connectivity index (χ0) is 20.2. The minimum atomic E-state index is -0.106. The molecule has 5 nitrogen and oxygen atoms in total. The van der Waals surface area contributed by atoms with Gasteiger partial charge in [-0.25, -0.2) is 4.79 Å². The molecule has 1 saturated carbocycles. The van der Waals surface area contributed by atoms with Gasteiger partial charge in [-0.3, -0.25) is 4.79 Å². The highest BCUT2D eigenvalue weighted by molar-refractivity contribution is 6.07. The maximum atomic E-state index is 13.0. The second-order valence-electron chi connectivity index (χ2n) is 8.20.